The van der Waals surface area contributed by atoms with E-state index in [1.807, 2.05) is 0 Å². The molecule has 0 amide bonds. The van der Waals surface area contributed by atoms with Crippen molar-refractivity contribution in [1.82, 2.24) is 14.9 Å². The Morgan fingerprint density at radius 1 is 0.962 bits per heavy atom. The SMILES string of the molecule is ON1C=CC=NC1N1CC2CN(Cc3ccc4ccccc4c3)CC2C1. The lowest BCUT2D eigenvalue weighted by Crippen LogP contribution is -2.44. The van der Waals surface area contributed by atoms with E-state index in [1.165, 1.54) is 21.4 Å². The van der Waals surface area contributed by atoms with Crippen LogP contribution in [0.2, 0.25) is 0 Å². The van der Waals surface area contributed by atoms with Crippen LogP contribution in [-0.4, -0.2) is 58.8 Å². The number of hydroxylamine groups is 2. The number of benzene rings is 2. The Morgan fingerprint density at radius 3 is 2.50 bits per heavy atom. The van der Waals surface area contributed by atoms with Gasteiger partial charge in [0.25, 0.3) is 0 Å². The molecule has 3 atom stereocenters. The van der Waals surface area contributed by atoms with Gasteiger partial charge >= 0.3 is 0 Å². The van der Waals surface area contributed by atoms with Crippen LogP contribution in [0.3, 0.4) is 0 Å². The van der Waals surface area contributed by atoms with Crippen molar-refractivity contribution in [3.63, 3.8) is 0 Å². The molecule has 2 fully saturated rings. The average molecular weight is 348 g/mol. The van der Waals surface area contributed by atoms with Crippen molar-refractivity contribution in [3.8, 4) is 0 Å². The third kappa shape index (κ3) is 2.92. The van der Waals surface area contributed by atoms with Crippen molar-refractivity contribution in [2.45, 2.75) is 12.8 Å². The van der Waals surface area contributed by atoms with E-state index in [9.17, 15) is 5.21 Å². The molecule has 2 saturated heterocycles. The lowest BCUT2D eigenvalue weighted by molar-refractivity contribution is -0.126. The van der Waals surface area contributed by atoms with E-state index in [1.54, 1.807) is 18.5 Å². The van der Waals surface area contributed by atoms with E-state index in [2.05, 4.69) is 57.3 Å². The van der Waals surface area contributed by atoms with Crippen LogP contribution in [0.1, 0.15) is 5.56 Å². The first-order valence-electron chi connectivity index (χ1n) is 9.37. The molecule has 0 radical (unpaired) electrons. The molecule has 5 heteroatoms. The van der Waals surface area contributed by atoms with Gasteiger partial charge in [-0.1, -0.05) is 36.4 Å². The Kier molecular flexibility index (Phi) is 4.00. The second kappa shape index (κ2) is 6.50. The third-order valence-electron chi connectivity index (χ3n) is 5.92. The molecule has 0 spiro atoms. The highest BCUT2D eigenvalue weighted by Gasteiger charge is 2.42. The number of rotatable bonds is 3. The van der Waals surface area contributed by atoms with Crippen molar-refractivity contribution < 1.29 is 5.21 Å². The highest BCUT2D eigenvalue weighted by molar-refractivity contribution is 5.82. The standard InChI is InChI=1S/C21H24N4O/c26-25-9-3-8-22-21(25)24-14-19-12-23(13-20(19)15-24)11-16-6-7-17-4-1-2-5-18(17)10-16/h1-10,19-21,26H,11-15H2. The Morgan fingerprint density at radius 2 is 1.73 bits per heavy atom. The molecular formula is C21H24N4O. The fourth-order valence-electron chi connectivity index (χ4n) is 4.70. The molecule has 3 aliphatic heterocycles. The molecule has 0 bridgehead atoms. The van der Waals surface area contributed by atoms with Gasteiger partial charge in [-0.15, -0.1) is 0 Å². The Balaban J connectivity index is 1.22. The number of fused-ring (bicyclic) bond motifs is 2. The van der Waals surface area contributed by atoms with Crippen LogP contribution in [0.4, 0.5) is 0 Å². The molecule has 0 aromatic heterocycles. The number of likely N-dealkylation sites (tertiary alicyclic amines) is 2. The molecule has 134 valence electrons. The van der Waals surface area contributed by atoms with E-state index >= 15 is 0 Å². The summed E-state index contributed by atoms with van der Waals surface area (Å²) in [6, 6.07) is 15.4. The first kappa shape index (κ1) is 16.0. The summed E-state index contributed by atoms with van der Waals surface area (Å²) >= 11 is 0. The predicted octanol–water partition coefficient (Wildman–Crippen LogP) is 2.78. The minimum atomic E-state index is -0.250. The molecule has 5 nitrogen and oxygen atoms in total. The first-order chi connectivity index (χ1) is 12.8. The highest BCUT2D eigenvalue weighted by Crippen LogP contribution is 2.34. The van der Waals surface area contributed by atoms with Crippen LogP contribution in [0.15, 0.2) is 59.7 Å². The normalized spacial score (nSPS) is 29.0. The van der Waals surface area contributed by atoms with Crippen molar-refractivity contribution in [2.24, 2.45) is 16.8 Å². The quantitative estimate of drug-likeness (QED) is 0.926. The molecule has 2 aromatic carbocycles. The fourth-order valence-corrected chi connectivity index (χ4v) is 4.70. The monoisotopic (exact) mass is 348 g/mol. The Labute approximate surface area is 153 Å². The van der Waals surface area contributed by atoms with Gasteiger partial charge in [-0.3, -0.25) is 20.0 Å². The van der Waals surface area contributed by atoms with Crippen molar-refractivity contribution >= 4 is 17.0 Å². The van der Waals surface area contributed by atoms with Crippen molar-refractivity contribution in [2.75, 3.05) is 26.2 Å². The van der Waals surface area contributed by atoms with Crippen molar-refractivity contribution in [3.05, 3.63) is 60.3 Å². The van der Waals surface area contributed by atoms with E-state index < -0.39 is 0 Å². The van der Waals surface area contributed by atoms with Gasteiger partial charge in [0.2, 0.25) is 6.29 Å². The van der Waals surface area contributed by atoms with Gasteiger partial charge in [0, 0.05) is 45.1 Å². The maximum absolute atomic E-state index is 10.0. The number of aliphatic imine (C=N–C) groups is 1. The summed E-state index contributed by atoms with van der Waals surface area (Å²) < 4.78 is 0. The molecule has 0 aliphatic carbocycles. The summed E-state index contributed by atoms with van der Waals surface area (Å²) in [7, 11) is 0. The fraction of sp³-hybridized carbons (Fsp3) is 0.381. The zero-order valence-electron chi connectivity index (χ0n) is 14.8. The second-order valence-corrected chi connectivity index (χ2v) is 7.72. The lowest BCUT2D eigenvalue weighted by atomic mass is 10.0. The van der Waals surface area contributed by atoms with Gasteiger partial charge in [0.15, 0.2) is 0 Å². The molecule has 5 rings (SSSR count). The average Bonchev–Trinajstić information content (AvgIpc) is 3.20. The van der Waals surface area contributed by atoms with Crippen LogP contribution in [-0.2, 0) is 6.54 Å². The van der Waals surface area contributed by atoms with Gasteiger partial charge in [-0.25, -0.2) is 5.06 Å². The molecule has 3 unspecified atom stereocenters. The second-order valence-electron chi connectivity index (χ2n) is 7.72. The zero-order chi connectivity index (χ0) is 17.5. The van der Waals surface area contributed by atoms with Crippen LogP contribution in [0, 0.1) is 11.8 Å². The van der Waals surface area contributed by atoms with E-state index in [0.29, 0.717) is 11.8 Å². The van der Waals surface area contributed by atoms with Gasteiger partial charge in [-0.05, 0) is 40.3 Å². The molecule has 3 heterocycles. The molecule has 0 saturated carbocycles. The summed E-state index contributed by atoms with van der Waals surface area (Å²) in [5.74, 6) is 1.34. The van der Waals surface area contributed by atoms with Crippen LogP contribution in [0.25, 0.3) is 10.8 Å². The van der Waals surface area contributed by atoms with E-state index in [-0.39, 0.29) is 6.29 Å². The summed E-state index contributed by atoms with van der Waals surface area (Å²) in [5.41, 5.74) is 1.39. The maximum atomic E-state index is 10.0. The number of nitrogens with zero attached hydrogens (tertiary/aromatic N) is 4. The van der Waals surface area contributed by atoms with Gasteiger partial charge in [0.1, 0.15) is 0 Å². The molecule has 2 aromatic rings. The molecule has 26 heavy (non-hydrogen) atoms. The largest absolute Gasteiger partial charge is 0.298 e. The molecule has 3 aliphatic rings. The Hall–Kier alpha value is -2.21. The molecular weight excluding hydrogens is 324 g/mol. The van der Waals surface area contributed by atoms with Gasteiger partial charge in [0.05, 0.1) is 0 Å². The summed E-state index contributed by atoms with van der Waals surface area (Å²) in [6.45, 7) is 5.29. The minimum Gasteiger partial charge on any atom is -0.298 e. The summed E-state index contributed by atoms with van der Waals surface area (Å²) in [5, 5.41) is 13.9. The van der Waals surface area contributed by atoms with Crippen LogP contribution < -0.4 is 0 Å². The number of hydrogen-bond donors (Lipinski definition) is 1. The van der Waals surface area contributed by atoms with Crippen LogP contribution in [0.5, 0.6) is 0 Å². The lowest BCUT2D eigenvalue weighted by Gasteiger charge is -2.32. The van der Waals surface area contributed by atoms with E-state index in [4.69, 9.17) is 0 Å². The van der Waals surface area contributed by atoms with Gasteiger partial charge < -0.3 is 0 Å². The third-order valence-corrected chi connectivity index (χ3v) is 5.92. The predicted molar refractivity (Wildman–Crippen MR) is 103 cm³/mol. The molecule has 1 N–H and O–H groups in total. The van der Waals surface area contributed by atoms with E-state index in [0.717, 1.165) is 32.7 Å². The summed E-state index contributed by atoms with van der Waals surface area (Å²) in [6.07, 6.45) is 4.97. The van der Waals surface area contributed by atoms with Crippen molar-refractivity contribution in [1.29, 1.82) is 0 Å². The first-order valence-corrected chi connectivity index (χ1v) is 9.37. The minimum absolute atomic E-state index is 0.250. The van der Waals surface area contributed by atoms with Gasteiger partial charge in [-0.2, -0.15) is 0 Å². The maximum Gasteiger partial charge on any atom is 0.201 e. The number of allylic oxidation sites excluding steroid dienone is 1. The number of hydrogen-bond acceptors (Lipinski definition) is 5. The smallest absolute Gasteiger partial charge is 0.201 e. The Bertz CT molecular complexity index is 850. The topological polar surface area (TPSA) is 42.3 Å². The summed E-state index contributed by atoms with van der Waals surface area (Å²) in [4.78, 5) is 9.29. The van der Waals surface area contributed by atoms with Crippen LogP contribution >= 0.6 is 0 Å². The highest BCUT2D eigenvalue weighted by atomic mass is 16.5. The zero-order valence-corrected chi connectivity index (χ0v) is 14.8.